The molecule has 3 rings (SSSR count). The molecule has 0 spiro atoms. The van der Waals surface area contributed by atoms with Gasteiger partial charge in [-0.25, -0.2) is 9.48 Å². The summed E-state index contributed by atoms with van der Waals surface area (Å²) >= 11 is 0. The number of nitrogens with zero attached hydrogens (tertiary/aromatic N) is 3. The highest BCUT2D eigenvalue weighted by Gasteiger charge is 2.15. The number of benzene rings is 2. The van der Waals surface area contributed by atoms with Crippen LogP contribution in [0.3, 0.4) is 0 Å². The average molecular weight is 453 g/mol. The van der Waals surface area contributed by atoms with E-state index < -0.39 is 6.03 Å². The smallest absolute Gasteiger partial charge is 0.312 e. The van der Waals surface area contributed by atoms with Crippen molar-refractivity contribution >= 4 is 11.9 Å². The first-order valence-electron chi connectivity index (χ1n) is 10.2. The summed E-state index contributed by atoms with van der Waals surface area (Å²) in [6.07, 6.45) is 0. The second kappa shape index (κ2) is 10.9. The zero-order valence-corrected chi connectivity index (χ0v) is 18.8. The van der Waals surface area contributed by atoms with E-state index in [2.05, 4.69) is 10.4 Å². The van der Waals surface area contributed by atoms with E-state index in [1.165, 1.54) is 4.90 Å². The van der Waals surface area contributed by atoms with Crippen molar-refractivity contribution in [2.24, 2.45) is 5.73 Å². The van der Waals surface area contributed by atoms with Gasteiger partial charge in [-0.3, -0.25) is 4.79 Å². The SMILES string of the molecule is COc1ccc(-n2nc(OCC(=O)N(C)C)cc2-c2ccc(OCCNC(N)=O)cc2)cc1. The minimum absolute atomic E-state index is 0.113. The molecule has 33 heavy (non-hydrogen) atoms. The number of carbonyl (C=O) groups is 2. The molecule has 10 nitrogen and oxygen atoms in total. The zero-order valence-electron chi connectivity index (χ0n) is 18.8. The van der Waals surface area contributed by atoms with Crippen LogP contribution in [0.2, 0.25) is 0 Å². The highest BCUT2D eigenvalue weighted by molar-refractivity contribution is 5.77. The Bertz CT molecular complexity index is 1080. The first kappa shape index (κ1) is 23.5. The third kappa shape index (κ3) is 6.39. The van der Waals surface area contributed by atoms with Crippen LogP contribution in [0.15, 0.2) is 54.6 Å². The van der Waals surface area contributed by atoms with Crippen LogP contribution in [-0.2, 0) is 4.79 Å². The predicted molar refractivity (Wildman–Crippen MR) is 123 cm³/mol. The molecular weight excluding hydrogens is 426 g/mol. The molecule has 0 aliphatic heterocycles. The summed E-state index contributed by atoms with van der Waals surface area (Å²) in [5.41, 5.74) is 7.48. The van der Waals surface area contributed by atoms with Crippen molar-refractivity contribution in [1.82, 2.24) is 20.0 Å². The third-order valence-corrected chi connectivity index (χ3v) is 4.67. The molecule has 0 fully saturated rings. The van der Waals surface area contributed by atoms with Crippen LogP contribution in [-0.4, -0.2) is 67.6 Å². The molecule has 0 unspecified atom stereocenters. The molecule has 3 aromatic rings. The van der Waals surface area contributed by atoms with E-state index in [9.17, 15) is 9.59 Å². The van der Waals surface area contributed by atoms with E-state index in [1.807, 2.05) is 48.5 Å². The van der Waals surface area contributed by atoms with Crippen LogP contribution < -0.4 is 25.3 Å². The molecule has 2 aromatic carbocycles. The number of methoxy groups -OCH3 is 1. The second-order valence-electron chi connectivity index (χ2n) is 7.22. The fourth-order valence-electron chi connectivity index (χ4n) is 2.89. The van der Waals surface area contributed by atoms with Crippen molar-refractivity contribution in [1.29, 1.82) is 0 Å². The van der Waals surface area contributed by atoms with Crippen LogP contribution in [0.5, 0.6) is 17.4 Å². The summed E-state index contributed by atoms with van der Waals surface area (Å²) in [7, 11) is 4.94. The number of aromatic nitrogens is 2. The predicted octanol–water partition coefficient (Wildman–Crippen LogP) is 2.06. The Morgan fingerprint density at radius 2 is 1.70 bits per heavy atom. The Balaban J connectivity index is 1.83. The lowest BCUT2D eigenvalue weighted by Crippen LogP contribution is -2.32. The minimum Gasteiger partial charge on any atom is -0.497 e. The number of nitrogens with two attached hydrogens (primary N) is 1. The van der Waals surface area contributed by atoms with Gasteiger partial charge in [0, 0.05) is 25.7 Å². The molecule has 0 radical (unpaired) electrons. The van der Waals surface area contributed by atoms with Crippen LogP contribution in [0.1, 0.15) is 0 Å². The van der Waals surface area contributed by atoms with E-state index in [-0.39, 0.29) is 12.5 Å². The molecule has 0 saturated carbocycles. The summed E-state index contributed by atoms with van der Waals surface area (Å²) in [6.45, 7) is 0.496. The Hall–Kier alpha value is -4.21. The van der Waals surface area contributed by atoms with Crippen LogP contribution >= 0.6 is 0 Å². The maximum absolute atomic E-state index is 11.9. The molecular formula is C23H27N5O5. The molecule has 0 saturated heterocycles. The molecule has 3 N–H and O–H groups in total. The zero-order chi connectivity index (χ0) is 23.8. The summed E-state index contributed by atoms with van der Waals surface area (Å²) in [4.78, 5) is 24.1. The Morgan fingerprint density at radius 1 is 1.03 bits per heavy atom. The normalized spacial score (nSPS) is 10.4. The maximum atomic E-state index is 11.9. The summed E-state index contributed by atoms with van der Waals surface area (Å²) in [5, 5.41) is 7.01. The number of urea groups is 1. The van der Waals surface area contributed by atoms with Crippen molar-refractivity contribution in [2.45, 2.75) is 0 Å². The summed E-state index contributed by atoms with van der Waals surface area (Å²) in [5.74, 6) is 1.54. The van der Waals surface area contributed by atoms with E-state index in [0.717, 1.165) is 22.7 Å². The molecule has 0 aliphatic rings. The molecule has 1 heterocycles. The number of hydrogen-bond acceptors (Lipinski definition) is 6. The first-order valence-corrected chi connectivity index (χ1v) is 10.2. The Labute approximate surface area is 191 Å². The number of hydrogen-bond donors (Lipinski definition) is 2. The van der Waals surface area contributed by atoms with Crippen LogP contribution in [0, 0.1) is 0 Å². The van der Waals surface area contributed by atoms with E-state index in [0.29, 0.717) is 24.8 Å². The van der Waals surface area contributed by atoms with Crippen molar-refractivity contribution in [3.63, 3.8) is 0 Å². The maximum Gasteiger partial charge on any atom is 0.312 e. The number of ether oxygens (including phenoxy) is 3. The van der Waals surface area contributed by atoms with Gasteiger partial charge in [-0.1, -0.05) is 0 Å². The highest BCUT2D eigenvalue weighted by Crippen LogP contribution is 2.29. The fraction of sp³-hybridized carbons (Fsp3) is 0.261. The van der Waals surface area contributed by atoms with Gasteiger partial charge in [0.2, 0.25) is 5.88 Å². The minimum atomic E-state index is -0.592. The van der Waals surface area contributed by atoms with E-state index in [1.54, 1.807) is 32.0 Å². The van der Waals surface area contributed by atoms with Gasteiger partial charge in [-0.05, 0) is 48.5 Å². The highest BCUT2D eigenvalue weighted by atomic mass is 16.5. The number of primary amides is 1. The van der Waals surface area contributed by atoms with Gasteiger partial charge in [0.25, 0.3) is 5.91 Å². The molecule has 3 amide bonds. The average Bonchev–Trinajstić information content (AvgIpc) is 3.24. The van der Waals surface area contributed by atoms with Gasteiger partial charge in [-0.2, -0.15) is 0 Å². The van der Waals surface area contributed by atoms with Gasteiger partial charge in [0.1, 0.15) is 18.1 Å². The van der Waals surface area contributed by atoms with Crippen molar-refractivity contribution in [3.8, 4) is 34.3 Å². The van der Waals surface area contributed by atoms with Crippen molar-refractivity contribution in [2.75, 3.05) is 41.0 Å². The van der Waals surface area contributed by atoms with Crippen molar-refractivity contribution < 1.29 is 23.8 Å². The molecule has 10 heteroatoms. The van der Waals surface area contributed by atoms with Crippen LogP contribution in [0.4, 0.5) is 4.79 Å². The topological polar surface area (TPSA) is 121 Å². The van der Waals surface area contributed by atoms with Gasteiger partial charge in [0.05, 0.1) is 25.0 Å². The molecule has 174 valence electrons. The number of nitrogens with one attached hydrogen (secondary N) is 1. The number of carbonyl (C=O) groups excluding carboxylic acids is 2. The second-order valence-corrected chi connectivity index (χ2v) is 7.22. The monoisotopic (exact) mass is 453 g/mol. The van der Waals surface area contributed by atoms with Gasteiger partial charge in [0.15, 0.2) is 6.61 Å². The Morgan fingerprint density at radius 3 is 2.30 bits per heavy atom. The molecule has 0 aliphatic carbocycles. The lowest BCUT2D eigenvalue weighted by molar-refractivity contribution is -0.130. The van der Waals surface area contributed by atoms with E-state index >= 15 is 0 Å². The lowest BCUT2D eigenvalue weighted by Gasteiger charge is -2.10. The fourth-order valence-corrected chi connectivity index (χ4v) is 2.89. The van der Waals surface area contributed by atoms with Crippen molar-refractivity contribution in [3.05, 3.63) is 54.6 Å². The summed E-state index contributed by atoms with van der Waals surface area (Å²) in [6, 6.07) is 16.1. The third-order valence-electron chi connectivity index (χ3n) is 4.67. The summed E-state index contributed by atoms with van der Waals surface area (Å²) < 4.78 is 18.2. The lowest BCUT2D eigenvalue weighted by atomic mass is 10.1. The first-order chi connectivity index (χ1) is 15.9. The Kier molecular flexibility index (Phi) is 7.74. The number of rotatable bonds is 10. The van der Waals surface area contributed by atoms with Gasteiger partial charge >= 0.3 is 6.03 Å². The molecule has 0 atom stereocenters. The van der Waals surface area contributed by atoms with E-state index in [4.69, 9.17) is 19.9 Å². The van der Waals surface area contributed by atoms with Crippen LogP contribution in [0.25, 0.3) is 16.9 Å². The number of likely N-dealkylation sites (N-methyl/N-ethyl adjacent to an activating group) is 1. The van der Waals surface area contributed by atoms with Gasteiger partial charge < -0.3 is 30.2 Å². The van der Waals surface area contributed by atoms with Gasteiger partial charge in [-0.15, -0.1) is 5.10 Å². The number of amides is 3. The largest absolute Gasteiger partial charge is 0.497 e. The molecule has 0 bridgehead atoms. The molecule has 1 aromatic heterocycles. The standard InChI is InChI=1S/C23H27N5O5/c1-27(2)22(29)15-33-21-14-20(28(26-21)17-6-10-18(31-3)11-7-17)16-4-8-19(9-5-16)32-13-12-25-23(24)30/h4-11,14H,12-13,15H2,1-3H3,(H3,24,25,30). The quantitative estimate of drug-likeness (QED) is 0.453.